The molecule has 0 unspecified atom stereocenters. The number of benzene rings is 2. The molecule has 0 radical (unpaired) electrons. The molecule has 0 bridgehead atoms. The molecule has 0 aliphatic heterocycles. The van der Waals surface area contributed by atoms with Gasteiger partial charge < -0.3 is 4.42 Å². The monoisotopic (exact) mass is 406 g/mol. The van der Waals surface area contributed by atoms with Gasteiger partial charge in [0.25, 0.3) is 0 Å². The van der Waals surface area contributed by atoms with E-state index in [4.69, 9.17) is 85.6 Å². The topological polar surface area (TPSA) is 13.1 Å². The maximum atomic E-state index is 6.22. The lowest BCUT2D eigenvalue weighted by Gasteiger charge is -2.04. The molecule has 1 nitrogen and oxygen atoms in total. The molecule has 0 fully saturated rings. The zero-order chi connectivity index (χ0) is 14.8. The molecule has 0 saturated carbocycles. The first-order chi connectivity index (χ1) is 9.34. The standard InChI is InChI=1S/C12HCl7O/c13-2-1-3(14)6(15)11-4(2)5-7(16)8(17)9(18)10(19)12(5)20-11/h1H. The van der Waals surface area contributed by atoms with Crippen LogP contribution >= 0.6 is 81.2 Å². The van der Waals surface area contributed by atoms with Crippen molar-refractivity contribution in [2.24, 2.45) is 0 Å². The maximum Gasteiger partial charge on any atom is 0.157 e. The van der Waals surface area contributed by atoms with Crippen molar-refractivity contribution in [1.29, 1.82) is 0 Å². The van der Waals surface area contributed by atoms with Crippen LogP contribution < -0.4 is 0 Å². The lowest BCUT2D eigenvalue weighted by molar-refractivity contribution is 0.669. The third kappa shape index (κ3) is 1.99. The van der Waals surface area contributed by atoms with Crippen LogP contribution in [0.1, 0.15) is 0 Å². The zero-order valence-corrected chi connectivity index (χ0v) is 14.4. The molecule has 1 aromatic heterocycles. The molecule has 8 heteroatoms. The molecule has 0 spiro atoms. The van der Waals surface area contributed by atoms with E-state index in [0.717, 1.165) is 0 Å². The van der Waals surface area contributed by atoms with Gasteiger partial charge in [-0.1, -0.05) is 81.2 Å². The molecular weight excluding hydrogens is 408 g/mol. The first-order valence-corrected chi connectivity index (χ1v) is 7.70. The SMILES string of the molecule is Clc1cc(Cl)c2c(oc3c(Cl)c(Cl)c(Cl)c(Cl)c32)c1Cl. The van der Waals surface area contributed by atoms with Gasteiger partial charge in [0.2, 0.25) is 0 Å². The highest BCUT2D eigenvalue weighted by Crippen LogP contribution is 2.50. The molecular formula is C12HCl7O. The normalized spacial score (nSPS) is 11.8. The van der Waals surface area contributed by atoms with Gasteiger partial charge in [-0.25, -0.2) is 0 Å². The van der Waals surface area contributed by atoms with Crippen molar-refractivity contribution in [3.63, 3.8) is 0 Å². The smallest absolute Gasteiger partial charge is 0.157 e. The number of hydrogen-bond acceptors (Lipinski definition) is 1. The molecule has 2 aromatic carbocycles. The lowest BCUT2D eigenvalue weighted by atomic mass is 10.1. The van der Waals surface area contributed by atoms with Crippen molar-refractivity contribution in [2.45, 2.75) is 0 Å². The minimum Gasteiger partial charge on any atom is -0.453 e. The summed E-state index contributed by atoms with van der Waals surface area (Å²) in [7, 11) is 0. The van der Waals surface area contributed by atoms with E-state index < -0.39 is 0 Å². The summed E-state index contributed by atoms with van der Waals surface area (Å²) < 4.78 is 5.63. The van der Waals surface area contributed by atoms with E-state index in [1.807, 2.05) is 0 Å². The predicted octanol–water partition coefficient (Wildman–Crippen LogP) is 8.16. The van der Waals surface area contributed by atoms with Gasteiger partial charge in [-0.15, -0.1) is 0 Å². The second-order valence-electron chi connectivity index (χ2n) is 3.92. The van der Waals surface area contributed by atoms with Crippen LogP contribution in [-0.4, -0.2) is 0 Å². The van der Waals surface area contributed by atoms with Crippen molar-refractivity contribution in [3.05, 3.63) is 41.2 Å². The number of halogens is 7. The van der Waals surface area contributed by atoms with Crippen LogP contribution in [0.2, 0.25) is 35.2 Å². The summed E-state index contributed by atoms with van der Waals surface area (Å²) in [6.45, 7) is 0. The molecule has 0 N–H and O–H groups in total. The van der Waals surface area contributed by atoms with E-state index in [-0.39, 0.29) is 41.3 Å². The molecule has 3 rings (SSSR count). The summed E-state index contributed by atoms with van der Waals surface area (Å²) in [4.78, 5) is 0. The Morgan fingerprint density at radius 1 is 0.550 bits per heavy atom. The highest BCUT2D eigenvalue weighted by atomic mass is 35.5. The summed E-state index contributed by atoms with van der Waals surface area (Å²) in [6, 6.07) is 1.50. The number of furan rings is 1. The summed E-state index contributed by atoms with van der Waals surface area (Å²) in [6.07, 6.45) is 0. The Morgan fingerprint density at radius 3 is 1.75 bits per heavy atom. The van der Waals surface area contributed by atoms with Crippen molar-refractivity contribution < 1.29 is 4.42 Å². The maximum absolute atomic E-state index is 6.22. The van der Waals surface area contributed by atoms with Gasteiger partial charge in [0.05, 0.1) is 35.9 Å². The second kappa shape index (κ2) is 5.17. The quantitative estimate of drug-likeness (QED) is 0.270. The van der Waals surface area contributed by atoms with Crippen molar-refractivity contribution >= 4 is 103 Å². The molecule has 1 heterocycles. The number of fused-ring (bicyclic) bond motifs is 3. The van der Waals surface area contributed by atoms with Gasteiger partial charge in [0.1, 0.15) is 10.0 Å². The van der Waals surface area contributed by atoms with Crippen LogP contribution in [0.4, 0.5) is 0 Å². The molecule has 104 valence electrons. The van der Waals surface area contributed by atoms with Gasteiger partial charge in [-0.05, 0) is 6.07 Å². The van der Waals surface area contributed by atoms with E-state index >= 15 is 0 Å². The van der Waals surface area contributed by atoms with E-state index in [1.165, 1.54) is 6.07 Å². The summed E-state index contributed by atoms with van der Waals surface area (Å²) >= 11 is 42.7. The molecule has 0 amide bonds. The van der Waals surface area contributed by atoms with Gasteiger partial charge in [-0.3, -0.25) is 0 Å². The highest BCUT2D eigenvalue weighted by Gasteiger charge is 2.24. The van der Waals surface area contributed by atoms with Gasteiger partial charge >= 0.3 is 0 Å². The first kappa shape index (κ1) is 15.2. The Hall–Kier alpha value is 0.270. The van der Waals surface area contributed by atoms with E-state index in [0.29, 0.717) is 15.8 Å². The Bertz CT molecular complexity index is 881. The van der Waals surface area contributed by atoms with Crippen LogP contribution in [-0.2, 0) is 0 Å². The molecule has 0 aliphatic carbocycles. The molecule has 20 heavy (non-hydrogen) atoms. The third-order valence-corrected chi connectivity index (χ3v) is 5.66. The Labute approximate surface area is 148 Å². The molecule has 0 aliphatic rings. The van der Waals surface area contributed by atoms with Crippen LogP contribution in [0.25, 0.3) is 21.9 Å². The van der Waals surface area contributed by atoms with Crippen molar-refractivity contribution in [2.75, 3.05) is 0 Å². The van der Waals surface area contributed by atoms with E-state index in [1.54, 1.807) is 0 Å². The predicted molar refractivity (Wildman–Crippen MR) is 88.8 cm³/mol. The fraction of sp³-hybridized carbons (Fsp3) is 0. The van der Waals surface area contributed by atoms with Crippen molar-refractivity contribution in [1.82, 2.24) is 0 Å². The van der Waals surface area contributed by atoms with Crippen LogP contribution in [0.15, 0.2) is 10.5 Å². The van der Waals surface area contributed by atoms with Gasteiger partial charge in [0.15, 0.2) is 11.2 Å². The molecule has 0 saturated heterocycles. The fourth-order valence-electron chi connectivity index (χ4n) is 1.93. The summed E-state index contributed by atoms with van der Waals surface area (Å²) in [5, 5.41) is 2.27. The van der Waals surface area contributed by atoms with E-state index in [2.05, 4.69) is 0 Å². The number of hydrogen-bond donors (Lipinski definition) is 0. The Balaban J connectivity index is 2.71. The average molecular weight is 409 g/mol. The minimum absolute atomic E-state index is 0.100. The molecule has 3 aromatic rings. The zero-order valence-electron chi connectivity index (χ0n) is 9.13. The largest absolute Gasteiger partial charge is 0.453 e. The summed E-state index contributed by atoms with van der Waals surface area (Å²) in [5.41, 5.74) is 0.536. The fourth-order valence-corrected chi connectivity index (χ4v) is 3.63. The third-order valence-electron chi connectivity index (χ3n) is 2.81. The van der Waals surface area contributed by atoms with Crippen LogP contribution in [0.5, 0.6) is 0 Å². The second-order valence-corrected chi connectivity index (χ2v) is 6.62. The average Bonchev–Trinajstić information content (AvgIpc) is 2.81. The van der Waals surface area contributed by atoms with Gasteiger partial charge in [0, 0.05) is 0 Å². The molecule has 0 atom stereocenters. The first-order valence-electron chi connectivity index (χ1n) is 5.06. The minimum atomic E-state index is 0.100. The van der Waals surface area contributed by atoms with E-state index in [9.17, 15) is 0 Å². The lowest BCUT2D eigenvalue weighted by Crippen LogP contribution is -1.79. The Kier molecular flexibility index (Phi) is 3.92. The highest BCUT2D eigenvalue weighted by molar-refractivity contribution is 6.57. The van der Waals surface area contributed by atoms with Gasteiger partial charge in [-0.2, -0.15) is 0 Å². The van der Waals surface area contributed by atoms with Crippen molar-refractivity contribution in [3.8, 4) is 0 Å². The van der Waals surface area contributed by atoms with Crippen LogP contribution in [0.3, 0.4) is 0 Å². The van der Waals surface area contributed by atoms with Crippen LogP contribution in [0, 0.1) is 0 Å². The number of rotatable bonds is 0. The summed E-state index contributed by atoms with van der Waals surface area (Å²) in [5.74, 6) is 0. The Morgan fingerprint density at radius 2 is 1.10 bits per heavy atom.